The number of nitrogens with one attached hydrogen (secondary N) is 1. The second-order valence-corrected chi connectivity index (χ2v) is 5.15. The van der Waals surface area contributed by atoms with Crippen LogP contribution in [0.3, 0.4) is 0 Å². The van der Waals surface area contributed by atoms with Crippen LogP contribution in [0.25, 0.3) is 0 Å². The van der Waals surface area contributed by atoms with Gasteiger partial charge in [-0.1, -0.05) is 5.16 Å². The number of amides is 1. The lowest BCUT2D eigenvalue weighted by molar-refractivity contribution is -0.126. The number of halogens is 1. The van der Waals surface area contributed by atoms with Crippen LogP contribution in [0.4, 0.5) is 10.1 Å². The van der Waals surface area contributed by atoms with E-state index in [0.717, 1.165) is 0 Å². The van der Waals surface area contributed by atoms with Crippen molar-refractivity contribution in [3.05, 3.63) is 29.6 Å². The van der Waals surface area contributed by atoms with Crippen LogP contribution in [0.15, 0.2) is 23.4 Å². The molecule has 1 aromatic rings. The summed E-state index contributed by atoms with van der Waals surface area (Å²) >= 11 is 0. The summed E-state index contributed by atoms with van der Waals surface area (Å²) in [5.74, 6) is -1.02. The zero-order chi connectivity index (χ0) is 15.5. The molecule has 0 spiro atoms. The molecule has 1 aliphatic heterocycles. The van der Waals surface area contributed by atoms with Gasteiger partial charge in [0, 0.05) is 18.9 Å². The first-order chi connectivity index (χ1) is 9.98. The second kappa shape index (κ2) is 6.09. The SMILES string of the molecule is Cc1cc(F)cc(NC(=O)C2(C(N)=NO)CCOCC2)c1. The second-order valence-electron chi connectivity index (χ2n) is 5.15. The predicted octanol–water partition coefficient (Wildman–Crippen LogP) is 1.62. The Labute approximate surface area is 121 Å². The first-order valence-electron chi connectivity index (χ1n) is 6.62. The third-order valence-electron chi connectivity index (χ3n) is 3.68. The number of hydrogen-bond donors (Lipinski definition) is 3. The van der Waals surface area contributed by atoms with Crippen LogP contribution in [-0.4, -0.2) is 30.2 Å². The van der Waals surface area contributed by atoms with Crippen molar-refractivity contribution < 1.29 is 19.1 Å². The van der Waals surface area contributed by atoms with Gasteiger partial charge in [0.2, 0.25) is 5.91 Å². The molecule has 114 valence electrons. The van der Waals surface area contributed by atoms with Crippen LogP contribution in [0.2, 0.25) is 0 Å². The van der Waals surface area contributed by atoms with E-state index in [0.29, 0.717) is 37.3 Å². The van der Waals surface area contributed by atoms with Crippen molar-refractivity contribution in [2.24, 2.45) is 16.3 Å². The fourth-order valence-electron chi connectivity index (χ4n) is 2.47. The molecule has 0 atom stereocenters. The lowest BCUT2D eigenvalue weighted by Gasteiger charge is -2.34. The molecule has 0 unspecified atom stereocenters. The highest BCUT2D eigenvalue weighted by atomic mass is 19.1. The van der Waals surface area contributed by atoms with E-state index in [9.17, 15) is 9.18 Å². The summed E-state index contributed by atoms with van der Waals surface area (Å²) in [6.07, 6.45) is 0.617. The van der Waals surface area contributed by atoms with Gasteiger partial charge in [-0.3, -0.25) is 4.79 Å². The van der Waals surface area contributed by atoms with Crippen molar-refractivity contribution in [1.29, 1.82) is 0 Å². The summed E-state index contributed by atoms with van der Waals surface area (Å²) < 4.78 is 18.6. The molecule has 1 amide bonds. The zero-order valence-electron chi connectivity index (χ0n) is 11.7. The van der Waals surface area contributed by atoms with Gasteiger partial charge in [-0.25, -0.2) is 4.39 Å². The number of nitrogens with two attached hydrogens (primary N) is 1. The summed E-state index contributed by atoms with van der Waals surface area (Å²) in [6.45, 7) is 2.41. The van der Waals surface area contributed by atoms with E-state index in [1.807, 2.05) is 0 Å². The molecular formula is C14H18FN3O3. The van der Waals surface area contributed by atoms with Gasteiger partial charge in [0.15, 0.2) is 5.84 Å². The molecule has 2 rings (SSSR count). The third kappa shape index (κ3) is 3.13. The Morgan fingerprint density at radius 1 is 1.43 bits per heavy atom. The number of amidine groups is 1. The predicted molar refractivity (Wildman–Crippen MR) is 75.7 cm³/mol. The Hall–Kier alpha value is -2.15. The average Bonchev–Trinajstić information content (AvgIpc) is 2.46. The van der Waals surface area contributed by atoms with Crippen LogP contribution in [-0.2, 0) is 9.53 Å². The topological polar surface area (TPSA) is 96.9 Å². The van der Waals surface area contributed by atoms with Gasteiger partial charge in [-0.15, -0.1) is 0 Å². The fraction of sp³-hybridized carbons (Fsp3) is 0.429. The van der Waals surface area contributed by atoms with Crippen molar-refractivity contribution in [1.82, 2.24) is 0 Å². The van der Waals surface area contributed by atoms with Crippen molar-refractivity contribution in [3.63, 3.8) is 0 Å². The number of oxime groups is 1. The quantitative estimate of drug-likeness (QED) is 0.341. The highest BCUT2D eigenvalue weighted by molar-refractivity contribution is 6.12. The van der Waals surface area contributed by atoms with Crippen LogP contribution in [0.5, 0.6) is 0 Å². The van der Waals surface area contributed by atoms with Gasteiger partial charge < -0.3 is 21.0 Å². The summed E-state index contributed by atoms with van der Waals surface area (Å²) in [6, 6.07) is 4.24. The Kier molecular flexibility index (Phi) is 4.42. The molecule has 0 aliphatic carbocycles. The number of hydrogen-bond acceptors (Lipinski definition) is 4. The molecule has 1 aliphatic rings. The normalized spacial score (nSPS) is 18.3. The fourth-order valence-corrected chi connectivity index (χ4v) is 2.47. The Morgan fingerprint density at radius 2 is 2.10 bits per heavy atom. The van der Waals surface area contributed by atoms with Crippen molar-refractivity contribution >= 4 is 17.4 Å². The summed E-state index contributed by atoms with van der Waals surface area (Å²) in [7, 11) is 0. The summed E-state index contributed by atoms with van der Waals surface area (Å²) in [5.41, 5.74) is 5.61. The van der Waals surface area contributed by atoms with E-state index >= 15 is 0 Å². The molecule has 7 heteroatoms. The van der Waals surface area contributed by atoms with E-state index in [1.165, 1.54) is 12.1 Å². The minimum absolute atomic E-state index is 0.156. The highest BCUT2D eigenvalue weighted by Crippen LogP contribution is 2.32. The van der Waals surface area contributed by atoms with Gasteiger partial charge in [0.1, 0.15) is 11.2 Å². The molecule has 21 heavy (non-hydrogen) atoms. The van der Waals surface area contributed by atoms with Crippen molar-refractivity contribution in [3.8, 4) is 0 Å². The molecule has 0 saturated carbocycles. The first kappa shape index (κ1) is 15.2. The smallest absolute Gasteiger partial charge is 0.238 e. The number of rotatable bonds is 3. The molecule has 0 bridgehead atoms. The van der Waals surface area contributed by atoms with E-state index in [1.54, 1.807) is 13.0 Å². The highest BCUT2D eigenvalue weighted by Gasteiger charge is 2.44. The van der Waals surface area contributed by atoms with E-state index in [2.05, 4.69) is 10.5 Å². The Morgan fingerprint density at radius 3 is 2.67 bits per heavy atom. The maximum Gasteiger partial charge on any atom is 0.238 e. The molecule has 0 radical (unpaired) electrons. The molecule has 1 saturated heterocycles. The van der Waals surface area contributed by atoms with Crippen LogP contribution < -0.4 is 11.1 Å². The van der Waals surface area contributed by atoms with Crippen LogP contribution >= 0.6 is 0 Å². The minimum Gasteiger partial charge on any atom is -0.409 e. The molecule has 0 aromatic heterocycles. The van der Waals surface area contributed by atoms with E-state index in [-0.39, 0.29) is 5.84 Å². The number of benzene rings is 1. The zero-order valence-corrected chi connectivity index (χ0v) is 11.7. The first-order valence-corrected chi connectivity index (χ1v) is 6.62. The van der Waals surface area contributed by atoms with Gasteiger partial charge in [-0.05, 0) is 43.5 Å². The van der Waals surface area contributed by atoms with Gasteiger partial charge in [0.25, 0.3) is 0 Å². The Bertz CT molecular complexity index is 548. The standard InChI is InChI=1S/C14H18FN3O3/c1-9-6-10(15)8-11(7-9)17-13(19)14(12(16)18-20)2-4-21-5-3-14/h6-8,20H,2-5H2,1H3,(H2,16,18)(H,17,19). The molecule has 1 heterocycles. The van der Waals surface area contributed by atoms with Crippen molar-refractivity contribution in [2.45, 2.75) is 19.8 Å². The largest absolute Gasteiger partial charge is 0.409 e. The molecule has 1 fully saturated rings. The van der Waals surface area contributed by atoms with Crippen LogP contribution in [0.1, 0.15) is 18.4 Å². The maximum atomic E-state index is 13.4. The van der Waals surface area contributed by atoms with E-state index < -0.39 is 17.1 Å². The van der Waals surface area contributed by atoms with Gasteiger partial charge >= 0.3 is 0 Å². The molecular weight excluding hydrogens is 277 g/mol. The lowest BCUT2D eigenvalue weighted by Crippen LogP contribution is -2.50. The van der Waals surface area contributed by atoms with Crippen LogP contribution in [0, 0.1) is 18.2 Å². The van der Waals surface area contributed by atoms with Crippen molar-refractivity contribution in [2.75, 3.05) is 18.5 Å². The molecule has 1 aromatic carbocycles. The number of anilines is 1. The number of carbonyl (C=O) groups excluding carboxylic acids is 1. The lowest BCUT2D eigenvalue weighted by atomic mass is 9.78. The molecule has 4 N–H and O–H groups in total. The average molecular weight is 295 g/mol. The van der Waals surface area contributed by atoms with E-state index in [4.69, 9.17) is 15.7 Å². The third-order valence-corrected chi connectivity index (χ3v) is 3.68. The van der Waals surface area contributed by atoms with Gasteiger partial charge in [-0.2, -0.15) is 0 Å². The number of ether oxygens (including phenoxy) is 1. The minimum atomic E-state index is -1.13. The number of aryl methyl sites for hydroxylation is 1. The van der Waals surface area contributed by atoms with Gasteiger partial charge in [0.05, 0.1) is 0 Å². The number of nitrogens with zero attached hydrogens (tertiary/aromatic N) is 1. The monoisotopic (exact) mass is 295 g/mol. The molecule has 6 nitrogen and oxygen atoms in total. The Balaban J connectivity index is 2.26. The number of carbonyl (C=O) groups is 1. The summed E-state index contributed by atoms with van der Waals surface area (Å²) in [4.78, 5) is 12.6. The maximum absolute atomic E-state index is 13.4. The summed E-state index contributed by atoms with van der Waals surface area (Å²) in [5, 5.41) is 14.6.